The first-order valence-corrected chi connectivity index (χ1v) is 7.65. The summed E-state index contributed by atoms with van der Waals surface area (Å²) in [6, 6.07) is 24.8. The van der Waals surface area contributed by atoms with Crippen molar-refractivity contribution in [3.05, 3.63) is 84.4 Å². The van der Waals surface area contributed by atoms with Crippen molar-refractivity contribution in [2.24, 2.45) is 0 Å². The van der Waals surface area contributed by atoms with E-state index in [4.69, 9.17) is 10.00 Å². The number of carbonyl (C=O) groups is 1. The predicted molar refractivity (Wildman–Crippen MR) is 96.8 cm³/mol. The zero-order chi connectivity index (χ0) is 17.5. The molecule has 0 aromatic heterocycles. The molecule has 0 aliphatic heterocycles. The number of rotatable bonds is 4. The van der Waals surface area contributed by atoms with E-state index in [1.807, 2.05) is 48.5 Å². The Hall–Kier alpha value is -3.78. The van der Waals surface area contributed by atoms with Gasteiger partial charge in [-0.1, -0.05) is 30.3 Å². The summed E-state index contributed by atoms with van der Waals surface area (Å²) in [4.78, 5) is 12.2. The van der Waals surface area contributed by atoms with Crippen LogP contribution < -0.4 is 15.4 Å². The van der Waals surface area contributed by atoms with E-state index in [1.165, 1.54) is 0 Å². The van der Waals surface area contributed by atoms with Crippen molar-refractivity contribution < 1.29 is 9.53 Å². The van der Waals surface area contributed by atoms with Crippen LogP contribution in [-0.2, 0) is 0 Å². The van der Waals surface area contributed by atoms with Gasteiger partial charge in [0.2, 0.25) is 0 Å². The molecule has 0 aliphatic carbocycles. The maximum absolute atomic E-state index is 12.2. The summed E-state index contributed by atoms with van der Waals surface area (Å²) in [5.74, 6) is 1.23. The van der Waals surface area contributed by atoms with E-state index in [9.17, 15) is 4.79 Å². The Morgan fingerprint density at radius 3 is 2.24 bits per heavy atom. The van der Waals surface area contributed by atoms with Crippen molar-refractivity contribution >= 4 is 17.4 Å². The van der Waals surface area contributed by atoms with Crippen molar-refractivity contribution in [3.8, 4) is 17.6 Å². The Bertz CT molecular complexity index is 900. The molecule has 3 aromatic rings. The maximum Gasteiger partial charge on any atom is 0.323 e. The summed E-state index contributed by atoms with van der Waals surface area (Å²) in [5, 5.41) is 14.3. The fourth-order valence-corrected chi connectivity index (χ4v) is 2.19. The fourth-order valence-electron chi connectivity index (χ4n) is 2.19. The topological polar surface area (TPSA) is 74.2 Å². The maximum atomic E-state index is 12.2. The summed E-state index contributed by atoms with van der Waals surface area (Å²) in [6.07, 6.45) is 0. The van der Waals surface area contributed by atoms with Gasteiger partial charge in [0.25, 0.3) is 0 Å². The number of nitrogens with zero attached hydrogens (tertiary/aromatic N) is 1. The van der Waals surface area contributed by atoms with E-state index < -0.39 is 6.03 Å². The minimum atomic E-state index is -0.395. The number of nitriles is 1. The Labute approximate surface area is 145 Å². The van der Waals surface area contributed by atoms with Crippen molar-refractivity contribution in [2.75, 3.05) is 10.6 Å². The van der Waals surface area contributed by atoms with Gasteiger partial charge in [0, 0.05) is 5.69 Å². The molecule has 25 heavy (non-hydrogen) atoms. The fraction of sp³-hybridized carbons (Fsp3) is 0. The van der Waals surface area contributed by atoms with Crippen LogP contribution in [0.15, 0.2) is 78.9 Å². The van der Waals surface area contributed by atoms with Gasteiger partial charge in [-0.3, -0.25) is 0 Å². The van der Waals surface area contributed by atoms with E-state index in [0.717, 1.165) is 0 Å². The van der Waals surface area contributed by atoms with Crippen LogP contribution in [0.25, 0.3) is 0 Å². The number of carbonyl (C=O) groups excluding carboxylic acids is 1. The Balaban J connectivity index is 1.69. The number of urea groups is 1. The van der Waals surface area contributed by atoms with E-state index in [2.05, 4.69) is 10.6 Å². The number of anilines is 2. The van der Waals surface area contributed by atoms with Crippen molar-refractivity contribution in [1.82, 2.24) is 0 Å². The zero-order valence-corrected chi connectivity index (χ0v) is 13.3. The summed E-state index contributed by atoms with van der Waals surface area (Å²) >= 11 is 0. The highest BCUT2D eigenvalue weighted by Crippen LogP contribution is 2.29. The number of ether oxygens (including phenoxy) is 1. The van der Waals surface area contributed by atoms with Crippen LogP contribution in [0, 0.1) is 11.3 Å². The van der Waals surface area contributed by atoms with Crippen molar-refractivity contribution in [3.63, 3.8) is 0 Å². The zero-order valence-electron chi connectivity index (χ0n) is 13.3. The van der Waals surface area contributed by atoms with E-state index in [-0.39, 0.29) is 0 Å². The van der Waals surface area contributed by atoms with E-state index in [0.29, 0.717) is 28.4 Å². The molecule has 0 saturated heterocycles. The van der Waals surface area contributed by atoms with E-state index >= 15 is 0 Å². The second kappa shape index (κ2) is 7.66. The Morgan fingerprint density at radius 2 is 1.52 bits per heavy atom. The molecule has 5 nitrogen and oxygen atoms in total. The first-order valence-electron chi connectivity index (χ1n) is 7.65. The minimum Gasteiger partial charge on any atom is -0.455 e. The molecule has 0 spiro atoms. The molecule has 0 unspecified atom stereocenters. The van der Waals surface area contributed by atoms with Gasteiger partial charge in [0.15, 0.2) is 5.75 Å². The third-order valence-electron chi connectivity index (χ3n) is 3.38. The standard InChI is InChI=1S/C20H15N3O2/c21-14-15-10-12-16(13-11-15)22-20(24)23-18-8-4-5-9-19(18)25-17-6-2-1-3-7-17/h1-13H,(H2,22,23,24). The largest absolute Gasteiger partial charge is 0.455 e. The number of amides is 2. The minimum absolute atomic E-state index is 0.395. The van der Waals surface area contributed by atoms with Gasteiger partial charge in [-0.05, 0) is 48.5 Å². The normalized spacial score (nSPS) is 9.72. The molecular formula is C20H15N3O2. The first-order chi connectivity index (χ1) is 12.2. The smallest absolute Gasteiger partial charge is 0.323 e. The second-order valence-electron chi connectivity index (χ2n) is 5.18. The van der Waals surface area contributed by atoms with Gasteiger partial charge >= 0.3 is 6.03 Å². The molecule has 0 aliphatic rings. The third-order valence-corrected chi connectivity index (χ3v) is 3.38. The molecule has 0 fully saturated rings. The first kappa shape index (κ1) is 16.1. The van der Waals surface area contributed by atoms with Gasteiger partial charge in [0.05, 0.1) is 17.3 Å². The van der Waals surface area contributed by atoms with Gasteiger partial charge in [0.1, 0.15) is 5.75 Å². The quantitative estimate of drug-likeness (QED) is 0.708. The highest BCUT2D eigenvalue weighted by molar-refractivity contribution is 6.00. The van der Waals surface area contributed by atoms with Gasteiger partial charge in [-0.15, -0.1) is 0 Å². The Morgan fingerprint density at radius 1 is 0.840 bits per heavy atom. The predicted octanol–water partition coefficient (Wildman–Crippen LogP) is 4.99. The lowest BCUT2D eigenvalue weighted by Crippen LogP contribution is -2.19. The lowest BCUT2D eigenvalue weighted by Gasteiger charge is -2.13. The van der Waals surface area contributed by atoms with Crippen LogP contribution in [0.1, 0.15) is 5.56 Å². The Kier molecular flexibility index (Phi) is 4.93. The highest BCUT2D eigenvalue weighted by atomic mass is 16.5. The lowest BCUT2D eigenvalue weighted by molar-refractivity contribution is 0.262. The molecule has 0 radical (unpaired) electrons. The molecule has 0 saturated carbocycles. The van der Waals surface area contributed by atoms with Crippen LogP contribution in [-0.4, -0.2) is 6.03 Å². The van der Waals surface area contributed by atoms with Gasteiger partial charge in [-0.25, -0.2) is 4.79 Å². The van der Waals surface area contributed by atoms with Crippen LogP contribution in [0.5, 0.6) is 11.5 Å². The van der Waals surface area contributed by atoms with Crippen molar-refractivity contribution in [1.29, 1.82) is 5.26 Å². The summed E-state index contributed by atoms with van der Waals surface area (Å²) in [6.45, 7) is 0. The molecule has 122 valence electrons. The average molecular weight is 329 g/mol. The van der Waals surface area contributed by atoms with Crippen LogP contribution in [0.2, 0.25) is 0 Å². The number of para-hydroxylation sites is 3. The molecule has 0 bridgehead atoms. The van der Waals surface area contributed by atoms with Crippen molar-refractivity contribution in [2.45, 2.75) is 0 Å². The number of hydrogen-bond donors (Lipinski definition) is 2. The van der Waals surface area contributed by atoms with Crippen LogP contribution >= 0.6 is 0 Å². The third kappa shape index (κ3) is 4.36. The number of benzene rings is 3. The molecule has 3 rings (SSSR count). The highest BCUT2D eigenvalue weighted by Gasteiger charge is 2.08. The van der Waals surface area contributed by atoms with Gasteiger partial charge < -0.3 is 15.4 Å². The van der Waals surface area contributed by atoms with Crippen LogP contribution in [0.3, 0.4) is 0 Å². The SMILES string of the molecule is N#Cc1ccc(NC(=O)Nc2ccccc2Oc2ccccc2)cc1. The number of hydrogen-bond acceptors (Lipinski definition) is 3. The average Bonchev–Trinajstić information content (AvgIpc) is 2.65. The molecule has 3 aromatic carbocycles. The number of nitrogens with one attached hydrogen (secondary N) is 2. The second-order valence-corrected chi connectivity index (χ2v) is 5.18. The molecule has 2 N–H and O–H groups in total. The lowest BCUT2D eigenvalue weighted by atomic mass is 10.2. The molecular weight excluding hydrogens is 314 g/mol. The van der Waals surface area contributed by atoms with E-state index in [1.54, 1.807) is 36.4 Å². The molecule has 0 heterocycles. The molecule has 0 atom stereocenters. The van der Waals surface area contributed by atoms with Gasteiger partial charge in [-0.2, -0.15) is 5.26 Å². The molecule has 2 amide bonds. The monoisotopic (exact) mass is 329 g/mol. The summed E-state index contributed by atoms with van der Waals surface area (Å²) < 4.78 is 5.81. The summed E-state index contributed by atoms with van der Waals surface area (Å²) in [7, 11) is 0. The molecule has 5 heteroatoms. The van der Waals surface area contributed by atoms with Crippen LogP contribution in [0.4, 0.5) is 16.2 Å². The summed E-state index contributed by atoms with van der Waals surface area (Å²) in [5.41, 5.74) is 1.68.